The van der Waals surface area contributed by atoms with Crippen LogP contribution >= 0.6 is 27.5 Å². The topological polar surface area (TPSA) is 49.3 Å². The van der Waals surface area contributed by atoms with Gasteiger partial charge in [-0.1, -0.05) is 32.4 Å². The van der Waals surface area contributed by atoms with Gasteiger partial charge in [0.05, 0.1) is 5.02 Å². The SMILES string of the molecule is CCC(Nc1ccc(Cl)c(Br)c1)(C(=O)O)C(C)C. The van der Waals surface area contributed by atoms with Crippen LogP contribution in [0.4, 0.5) is 5.69 Å². The summed E-state index contributed by atoms with van der Waals surface area (Å²) >= 11 is 9.25. The normalized spacial score (nSPS) is 14.3. The lowest BCUT2D eigenvalue weighted by atomic mass is 9.83. The van der Waals surface area contributed by atoms with E-state index in [1.54, 1.807) is 18.2 Å². The molecule has 1 rings (SSSR count). The number of halogens is 2. The number of anilines is 1. The van der Waals surface area contributed by atoms with E-state index in [1.807, 2.05) is 20.8 Å². The Balaban J connectivity index is 3.10. The van der Waals surface area contributed by atoms with Gasteiger partial charge in [-0.15, -0.1) is 0 Å². The van der Waals surface area contributed by atoms with Crippen molar-refractivity contribution in [3.8, 4) is 0 Å². The molecule has 1 atom stereocenters. The van der Waals surface area contributed by atoms with E-state index in [4.69, 9.17) is 11.6 Å². The van der Waals surface area contributed by atoms with Crippen LogP contribution in [0.3, 0.4) is 0 Å². The van der Waals surface area contributed by atoms with Crippen molar-refractivity contribution >= 4 is 39.2 Å². The van der Waals surface area contributed by atoms with Crippen molar-refractivity contribution in [2.75, 3.05) is 5.32 Å². The highest BCUT2D eigenvalue weighted by molar-refractivity contribution is 9.10. The largest absolute Gasteiger partial charge is 0.479 e. The fourth-order valence-corrected chi connectivity index (χ4v) is 2.42. The third kappa shape index (κ3) is 2.98. The third-order valence-corrected chi connectivity index (χ3v) is 4.43. The van der Waals surface area contributed by atoms with E-state index >= 15 is 0 Å². The molecule has 0 spiro atoms. The second kappa shape index (κ2) is 5.93. The number of nitrogens with one attached hydrogen (secondary N) is 1. The number of carboxylic acid groups (broad SMARTS) is 1. The van der Waals surface area contributed by atoms with Crippen molar-refractivity contribution in [1.29, 1.82) is 0 Å². The minimum atomic E-state index is -0.965. The average molecular weight is 335 g/mol. The van der Waals surface area contributed by atoms with Crippen LogP contribution in [0.5, 0.6) is 0 Å². The lowest BCUT2D eigenvalue weighted by molar-refractivity contribution is -0.144. The molecular formula is C13H17BrClNO2. The summed E-state index contributed by atoms with van der Waals surface area (Å²) in [5.41, 5.74) is -0.225. The van der Waals surface area contributed by atoms with E-state index in [1.165, 1.54) is 0 Å². The number of carbonyl (C=O) groups is 1. The Labute approximate surface area is 121 Å². The van der Waals surface area contributed by atoms with Gasteiger partial charge in [-0.3, -0.25) is 0 Å². The number of carboxylic acids is 1. The van der Waals surface area contributed by atoms with Crippen LogP contribution in [0.2, 0.25) is 5.02 Å². The molecule has 1 aromatic rings. The first-order valence-electron chi connectivity index (χ1n) is 5.80. The summed E-state index contributed by atoms with van der Waals surface area (Å²) in [5, 5.41) is 13.2. The first kappa shape index (κ1) is 15.3. The second-order valence-electron chi connectivity index (χ2n) is 4.54. The molecule has 0 saturated heterocycles. The van der Waals surface area contributed by atoms with Crippen molar-refractivity contribution in [2.45, 2.75) is 32.7 Å². The Bertz CT molecular complexity index is 451. The van der Waals surface area contributed by atoms with E-state index < -0.39 is 11.5 Å². The fraction of sp³-hybridized carbons (Fsp3) is 0.462. The predicted octanol–water partition coefficient (Wildman–Crippen LogP) is 4.40. The van der Waals surface area contributed by atoms with Crippen LogP contribution < -0.4 is 5.32 Å². The van der Waals surface area contributed by atoms with E-state index in [0.29, 0.717) is 11.4 Å². The second-order valence-corrected chi connectivity index (χ2v) is 5.80. The zero-order chi connectivity index (χ0) is 13.9. The molecule has 18 heavy (non-hydrogen) atoms. The molecule has 0 aliphatic heterocycles. The highest BCUT2D eigenvalue weighted by Gasteiger charge is 2.39. The standard InChI is InChI=1S/C13H17BrClNO2/c1-4-13(8(2)3,12(17)18)16-9-5-6-11(15)10(14)7-9/h5-8,16H,4H2,1-3H3,(H,17,18). The summed E-state index contributed by atoms with van der Waals surface area (Å²) in [4.78, 5) is 11.5. The third-order valence-electron chi connectivity index (χ3n) is 3.21. The average Bonchev–Trinajstić information content (AvgIpc) is 2.29. The van der Waals surface area contributed by atoms with Gasteiger partial charge in [-0.05, 0) is 46.5 Å². The lowest BCUT2D eigenvalue weighted by Gasteiger charge is -2.34. The molecule has 0 radical (unpaired) electrons. The molecule has 0 saturated carbocycles. The predicted molar refractivity (Wildman–Crippen MR) is 78.3 cm³/mol. The molecule has 1 unspecified atom stereocenters. The first-order chi connectivity index (χ1) is 8.33. The summed E-state index contributed by atoms with van der Waals surface area (Å²) < 4.78 is 0.744. The molecule has 100 valence electrons. The molecule has 0 aromatic heterocycles. The molecule has 0 fully saturated rings. The van der Waals surface area contributed by atoms with Gasteiger partial charge in [0, 0.05) is 10.2 Å². The van der Waals surface area contributed by atoms with Crippen LogP contribution in [-0.4, -0.2) is 16.6 Å². The Morgan fingerprint density at radius 2 is 2.17 bits per heavy atom. The number of hydrogen-bond acceptors (Lipinski definition) is 2. The van der Waals surface area contributed by atoms with Crippen molar-refractivity contribution in [1.82, 2.24) is 0 Å². The monoisotopic (exact) mass is 333 g/mol. The molecule has 3 nitrogen and oxygen atoms in total. The van der Waals surface area contributed by atoms with Crippen LogP contribution in [0.25, 0.3) is 0 Å². The summed E-state index contributed by atoms with van der Waals surface area (Å²) in [6.07, 6.45) is 0.500. The molecule has 0 bridgehead atoms. The van der Waals surface area contributed by atoms with Gasteiger partial charge in [-0.25, -0.2) is 4.79 Å². The van der Waals surface area contributed by atoms with Gasteiger partial charge in [0.15, 0.2) is 0 Å². The molecule has 2 N–H and O–H groups in total. The molecule has 5 heteroatoms. The Morgan fingerprint density at radius 1 is 1.56 bits per heavy atom. The maximum atomic E-state index is 11.5. The van der Waals surface area contributed by atoms with Crippen molar-refractivity contribution in [2.24, 2.45) is 5.92 Å². The van der Waals surface area contributed by atoms with Gasteiger partial charge in [0.1, 0.15) is 5.54 Å². The van der Waals surface area contributed by atoms with E-state index in [0.717, 1.165) is 10.2 Å². The number of rotatable bonds is 5. The zero-order valence-corrected chi connectivity index (χ0v) is 13.0. The van der Waals surface area contributed by atoms with Crippen molar-refractivity contribution in [3.05, 3.63) is 27.7 Å². The van der Waals surface area contributed by atoms with Crippen molar-refractivity contribution in [3.63, 3.8) is 0 Å². The quantitative estimate of drug-likeness (QED) is 0.839. The maximum absolute atomic E-state index is 11.5. The first-order valence-corrected chi connectivity index (χ1v) is 6.97. The number of aliphatic carboxylic acids is 1. The smallest absolute Gasteiger partial charge is 0.329 e. The van der Waals surface area contributed by atoms with Gasteiger partial charge in [0.2, 0.25) is 0 Å². The van der Waals surface area contributed by atoms with Crippen LogP contribution in [0.15, 0.2) is 22.7 Å². The minimum Gasteiger partial charge on any atom is -0.479 e. The molecule has 1 aromatic carbocycles. The fourth-order valence-electron chi connectivity index (χ4n) is 1.92. The van der Waals surface area contributed by atoms with E-state index in [2.05, 4.69) is 21.2 Å². The van der Waals surface area contributed by atoms with E-state index in [9.17, 15) is 9.90 Å². The minimum absolute atomic E-state index is 0.0329. The number of hydrogen-bond donors (Lipinski definition) is 2. The van der Waals surface area contributed by atoms with Crippen LogP contribution in [-0.2, 0) is 4.79 Å². The number of benzene rings is 1. The highest BCUT2D eigenvalue weighted by atomic mass is 79.9. The molecule has 0 aliphatic carbocycles. The summed E-state index contributed by atoms with van der Waals surface area (Å²) in [7, 11) is 0. The Kier molecular flexibility index (Phi) is 5.05. The van der Waals surface area contributed by atoms with Crippen LogP contribution in [0, 0.1) is 5.92 Å². The summed E-state index contributed by atoms with van der Waals surface area (Å²) in [6.45, 7) is 5.66. The summed E-state index contributed by atoms with van der Waals surface area (Å²) in [6, 6.07) is 5.30. The van der Waals surface area contributed by atoms with Crippen LogP contribution in [0.1, 0.15) is 27.2 Å². The highest BCUT2D eigenvalue weighted by Crippen LogP contribution is 2.31. The Hall–Kier alpha value is -0.740. The molecule has 0 aliphatic rings. The molecule has 0 heterocycles. The maximum Gasteiger partial charge on any atom is 0.329 e. The Morgan fingerprint density at radius 3 is 2.56 bits per heavy atom. The van der Waals surface area contributed by atoms with Gasteiger partial charge in [-0.2, -0.15) is 0 Å². The lowest BCUT2D eigenvalue weighted by Crippen LogP contribution is -2.50. The molecular weight excluding hydrogens is 318 g/mol. The van der Waals surface area contributed by atoms with Crippen molar-refractivity contribution < 1.29 is 9.90 Å². The molecule has 0 amide bonds. The summed E-state index contributed by atoms with van der Waals surface area (Å²) in [5.74, 6) is -0.875. The zero-order valence-electron chi connectivity index (χ0n) is 10.6. The van der Waals surface area contributed by atoms with Gasteiger partial charge >= 0.3 is 5.97 Å². The van der Waals surface area contributed by atoms with E-state index in [-0.39, 0.29) is 5.92 Å². The van der Waals surface area contributed by atoms with Gasteiger partial charge < -0.3 is 10.4 Å². The van der Waals surface area contributed by atoms with Gasteiger partial charge in [0.25, 0.3) is 0 Å².